The Bertz CT molecular complexity index is 1040. The minimum atomic E-state index is -4.23. The van der Waals surface area contributed by atoms with Crippen LogP contribution >= 0.6 is 0 Å². The molecule has 2 rings (SSSR count). The van der Waals surface area contributed by atoms with Gasteiger partial charge in [-0.1, -0.05) is 0 Å². The number of ether oxygens (including phenoxy) is 1. The number of aryl methyl sites for hydroxylation is 1. The second-order valence-corrected chi connectivity index (χ2v) is 6.70. The highest BCUT2D eigenvalue weighted by molar-refractivity contribution is 5.69. The number of likely N-dealkylation sites (N-methyl/N-ethyl adjacent to an activating group) is 1. The summed E-state index contributed by atoms with van der Waals surface area (Å²) in [4.78, 5) is 12.1. The van der Waals surface area contributed by atoms with Crippen LogP contribution in [0.1, 0.15) is 11.3 Å². The summed E-state index contributed by atoms with van der Waals surface area (Å²) >= 11 is 0. The maximum absolute atomic E-state index is 11.8. The molecule has 174 valence electrons. The molecule has 31 heavy (non-hydrogen) atoms. The molecule has 0 bridgehead atoms. The van der Waals surface area contributed by atoms with Crippen LogP contribution in [0.25, 0.3) is 0 Å². The molecule has 0 saturated carbocycles. The van der Waals surface area contributed by atoms with Gasteiger partial charge < -0.3 is 56.2 Å². The van der Waals surface area contributed by atoms with Gasteiger partial charge in [0, 0.05) is 7.05 Å². The second-order valence-electron chi connectivity index (χ2n) is 6.70. The number of H-pyrrole nitrogens is 1. The minimum absolute atomic E-state index is 0.370. The van der Waals surface area contributed by atoms with Crippen LogP contribution in [0.2, 0.25) is 0 Å². The Morgan fingerprint density at radius 1 is 0.806 bits per heavy atom. The number of phenolic OH excluding ortho intramolecular Hbond substituents is 5. The quantitative estimate of drug-likeness (QED) is 0.113. The monoisotopic (exact) mass is 451 g/mol. The predicted octanol–water partition coefficient (Wildman–Crippen LogP) is -4.00. The van der Waals surface area contributed by atoms with E-state index in [1.54, 1.807) is 0 Å². The number of phenols is 5. The summed E-state index contributed by atoms with van der Waals surface area (Å²) in [5, 5.41) is 113. The zero-order chi connectivity index (χ0) is 24.3. The molecule has 1 aromatic heterocycles. The number of hydrogen-bond acceptors (Lipinski definition) is 14. The standard InChI is InChI=1S/C15H21N3O13/c1-17(2)14(27,28)15(29,30)31-13(26,11-10(24)12(25)16-18(11)3)4-5(19)7(21)9(23)8(22)6(4)20/h19-24,26-30H,1-3H3,(H,16,25). The lowest BCUT2D eigenvalue weighted by Gasteiger charge is -2.42. The molecule has 12 N–H and O–H groups in total. The normalized spacial score (nSPS) is 14.7. The molecular weight excluding hydrogens is 430 g/mol. The van der Waals surface area contributed by atoms with Crippen molar-refractivity contribution in [1.29, 1.82) is 0 Å². The van der Waals surface area contributed by atoms with Gasteiger partial charge in [-0.2, -0.15) is 0 Å². The predicted molar refractivity (Wildman–Crippen MR) is 94.6 cm³/mol. The van der Waals surface area contributed by atoms with Crippen LogP contribution in [0, 0.1) is 0 Å². The molecule has 0 amide bonds. The number of rotatable bonds is 6. The number of nitrogens with zero attached hydrogens (tertiary/aromatic N) is 2. The number of aliphatic hydroxyl groups is 5. The molecule has 0 fully saturated rings. The van der Waals surface area contributed by atoms with Crippen LogP contribution in [-0.2, 0) is 17.6 Å². The zero-order valence-corrected chi connectivity index (χ0v) is 16.1. The molecule has 0 radical (unpaired) electrons. The molecule has 0 aliphatic rings. The summed E-state index contributed by atoms with van der Waals surface area (Å²) in [6, 6.07) is 0. The van der Waals surface area contributed by atoms with Crippen LogP contribution in [0.15, 0.2) is 4.79 Å². The molecule has 2 aromatic rings. The first-order valence-corrected chi connectivity index (χ1v) is 8.08. The van der Waals surface area contributed by atoms with E-state index in [0.29, 0.717) is 9.58 Å². The van der Waals surface area contributed by atoms with Gasteiger partial charge in [0.25, 0.3) is 5.79 Å². The van der Waals surface area contributed by atoms with Crippen molar-refractivity contribution < 1.29 is 60.9 Å². The number of aromatic nitrogens is 2. The lowest BCUT2D eigenvalue weighted by Crippen LogP contribution is -2.66. The average Bonchev–Trinajstić information content (AvgIpc) is 2.90. The van der Waals surface area contributed by atoms with Crippen molar-refractivity contribution in [2.45, 2.75) is 17.7 Å². The van der Waals surface area contributed by atoms with Crippen LogP contribution in [-0.4, -0.2) is 96.8 Å². The van der Waals surface area contributed by atoms with E-state index >= 15 is 0 Å². The van der Waals surface area contributed by atoms with Crippen LogP contribution in [0.3, 0.4) is 0 Å². The topological polar surface area (TPSA) is 273 Å². The fraction of sp³-hybridized carbons (Fsp3) is 0.400. The Balaban J connectivity index is 2.99. The van der Waals surface area contributed by atoms with E-state index in [1.807, 2.05) is 5.10 Å². The van der Waals surface area contributed by atoms with E-state index in [2.05, 4.69) is 4.74 Å². The van der Waals surface area contributed by atoms with Gasteiger partial charge in [0.2, 0.25) is 23.0 Å². The third-order valence-corrected chi connectivity index (χ3v) is 4.43. The maximum atomic E-state index is 11.8. The van der Waals surface area contributed by atoms with Crippen molar-refractivity contribution in [3.05, 3.63) is 21.6 Å². The Hall–Kier alpha value is -3.25. The molecule has 16 nitrogen and oxygen atoms in total. The molecule has 16 heteroatoms. The molecule has 0 saturated heterocycles. The number of aromatic amines is 1. The molecule has 1 atom stereocenters. The number of hydrogen-bond donors (Lipinski definition) is 12. The maximum Gasteiger partial charge on any atom is 0.354 e. The van der Waals surface area contributed by atoms with Gasteiger partial charge in [0.15, 0.2) is 11.5 Å². The van der Waals surface area contributed by atoms with E-state index in [-0.39, 0.29) is 0 Å². The van der Waals surface area contributed by atoms with E-state index in [1.165, 1.54) is 0 Å². The summed E-state index contributed by atoms with van der Waals surface area (Å²) in [6.45, 7) is 0. The highest BCUT2D eigenvalue weighted by Crippen LogP contribution is 2.56. The molecule has 0 aliphatic carbocycles. The van der Waals surface area contributed by atoms with Gasteiger partial charge >= 0.3 is 17.4 Å². The van der Waals surface area contributed by atoms with Crippen molar-refractivity contribution >= 4 is 0 Å². The Kier molecular flexibility index (Phi) is 5.55. The van der Waals surface area contributed by atoms with Crippen molar-refractivity contribution in [3.8, 4) is 34.5 Å². The number of benzene rings is 1. The smallest absolute Gasteiger partial charge is 0.354 e. The summed E-state index contributed by atoms with van der Waals surface area (Å²) in [5.74, 6) is -21.0. The summed E-state index contributed by atoms with van der Waals surface area (Å²) < 4.78 is 5.07. The van der Waals surface area contributed by atoms with Gasteiger partial charge in [-0.05, 0) is 14.1 Å². The first-order chi connectivity index (χ1) is 13.9. The molecule has 0 spiro atoms. The first kappa shape index (κ1) is 24.0. The second kappa shape index (κ2) is 7.17. The highest BCUT2D eigenvalue weighted by Gasteiger charge is 2.59. The van der Waals surface area contributed by atoms with Gasteiger partial charge in [0.1, 0.15) is 11.3 Å². The van der Waals surface area contributed by atoms with Crippen LogP contribution < -0.4 is 5.56 Å². The lowest BCUT2D eigenvalue weighted by molar-refractivity contribution is -0.525. The van der Waals surface area contributed by atoms with E-state index in [9.17, 15) is 61.0 Å². The largest absolute Gasteiger partial charge is 0.504 e. The zero-order valence-electron chi connectivity index (χ0n) is 16.1. The average molecular weight is 451 g/mol. The van der Waals surface area contributed by atoms with E-state index in [4.69, 9.17) is 0 Å². The first-order valence-electron chi connectivity index (χ1n) is 8.08. The summed E-state index contributed by atoms with van der Waals surface area (Å²) in [5.41, 5.74) is -4.04. The lowest BCUT2D eigenvalue weighted by atomic mass is 9.97. The molecule has 1 heterocycles. The van der Waals surface area contributed by atoms with Crippen molar-refractivity contribution in [2.24, 2.45) is 7.05 Å². The van der Waals surface area contributed by atoms with Gasteiger partial charge in [-0.3, -0.25) is 24.2 Å². The van der Waals surface area contributed by atoms with E-state index < -0.39 is 69.0 Å². The van der Waals surface area contributed by atoms with Gasteiger partial charge in [-0.15, -0.1) is 0 Å². The van der Waals surface area contributed by atoms with Crippen molar-refractivity contribution in [3.63, 3.8) is 0 Å². The molecule has 1 aromatic carbocycles. The minimum Gasteiger partial charge on any atom is -0.504 e. The van der Waals surface area contributed by atoms with Crippen LogP contribution in [0.4, 0.5) is 0 Å². The highest BCUT2D eigenvalue weighted by atomic mass is 16.8. The fourth-order valence-electron chi connectivity index (χ4n) is 2.71. The molecule has 0 aliphatic heterocycles. The number of nitrogens with one attached hydrogen (secondary N) is 1. The van der Waals surface area contributed by atoms with Crippen molar-refractivity contribution in [1.82, 2.24) is 14.7 Å². The summed E-state index contributed by atoms with van der Waals surface area (Å²) in [6.07, 6.45) is 0. The SMILES string of the molecule is CN(C)C(O)(O)C(O)(O)OC(O)(c1c(O)c(O)c(O)c(O)c1O)c1c(O)c(=O)[nH]n1C. The van der Waals surface area contributed by atoms with Crippen LogP contribution in [0.5, 0.6) is 34.5 Å². The van der Waals surface area contributed by atoms with Crippen molar-refractivity contribution in [2.75, 3.05) is 14.1 Å². The third-order valence-electron chi connectivity index (χ3n) is 4.43. The Labute approximate surface area is 171 Å². The number of aromatic hydroxyl groups is 6. The fourth-order valence-corrected chi connectivity index (χ4v) is 2.71. The van der Waals surface area contributed by atoms with E-state index in [0.717, 1.165) is 21.1 Å². The van der Waals surface area contributed by atoms with Gasteiger partial charge in [0.05, 0.1) is 0 Å². The third kappa shape index (κ3) is 3.37. The summed E-state index contributed by atoms with van der Waals surface area (Å²) in [7, 11) is 2.78. The van der Waals surface area contributed by atoms with Gasteiger partial charge in [-0.25, -0.2) is 0 Å². The molecule has 1 unspecified atom stereocenters. The Morgan fingerprint density at radius 2 is 1.23 bits per heavy atom. The Morgan fingerprint density at radius 3 is 1.58 bits per heavy atom. The molecular formula is C15H21N3O13.